The van der Waals surface area contributed by atoms with Gasteiger partial charge in [-0.2, -0.15) is 4.98 Å². The Hall–Kier alpha value is -3.51. The van der Waals surface area contributed by atoms with E-state index in [0.29, 0.717) is 0 Å². The highest BCUT2D eigenvalue weighted by atomic mass is 32.2. The Morgan fingerprint density at radius 3 is 2.34 bits per heavy atom. The lowest BCUT2D eigenvalue weighted by Crippen LogP contribution is -2.22. The van der Waals surface area contributed by atoms with Crippen LogP contribution in [0.4, 0.5) is 5.82 Å². The summed E-state index contributed by atoms with van der Waals surface area (Å²) in [4.78, 5) is 32.8. The van der Waals surface area contributed by atoms with Crippen molar-refractivity contribution >= 4 is 38.9 Å². The summed E-state index contributed by atoms with van der Waals surface area (Å²) in [6.07, 6.45) is 0. The van der Waals surface area contributed by atoms with Gasteiger partial charge in [0.25, 0.3) is 0 Å². The summed E-state index contributed by atoms with van der Waals surface area (Å²) in [6, 6.07) is 5.32. The molecule has 0 saturated heterocycles. The molecule has 12 heteroatoms. The number of nitrogen functional groups attached to an aromatic ring is 1. The van der Waals surface area contributed by atoms with Crippen molar-refractivity contribution in [1.82, 2.24) is 14.3 Å². The minimum Gasteiger partial charge on any atom is -0.462 e. The molecular formula is C20H22N4O7S. The number of carbonyl (C=O) groups is 2. The predicted octanol–water partition coefficient (Wildman–Crippen LogP) is 1.90. The van der Waals surface area contributed by atoms with E-state index in [4.69, 9.17) is 19.6 Å². The number of nitrogens with zero attached hydrogens (tertiary/aromatic N) is 3. The average Bonchev–Trinajstić information content (AvgIpc) is 3.08. The Balaban J connectivity index is 1.78. The molecule has 170 valence electrons. The van der Waals surface area contributed by atoms with Crippen LogP contribution in [0.2, 0.25) is 0 Å². The molecule has 0 atom stereocenters. The topological polar surface area (TPSA) is 155 Å². The Morgan fingerprint density at radius 2 is 1.75 bits per heavy atom. The van der Waals surface area contributed by atoms with Crippen LogP contribution in [0.5, 0.6) is 0 Å². The minimum atomic E-state index is -3.61. The van der Waals surface area contributed by atoms with Crippen molar-refractivity contribution in [2.24, 2.45) is 0 Å². The van der Waals surface area contributed by atoms with E-state index in [1.54, 1.807) is 13.8 Å². The first-order chi connectivity index (χ1) is 15.1. The van der Waals surface area contributed by atoms with Crippen molar-refractivity contribution in [3.63, 3.8) is 0 Å². The van der Waals surface area contributed by atoms with Gasteiger partial charge in [0, 0.05) is 14.1 Å². The van der Waals surface area contributed by atoms with Gasteiger partial charge in [-0.05, 0) is 38.1 Å². The molecule has 0 amide bonds. The number of aryl methyl sites for hydroxylation is 1. The quantitative estimate of drug-likeness (QED) is 0.515. The molecule has 2 N–H and O–H groups in total. The zero-order valence-corrected chi connectivity index (χ0v) is 18.7. The highest BCUT2D eigenvalue weighted by molar-refractivity contribution is 7.89. The molecule has 32 heavy (non-hydrogen) atoms. The molecule has 0 bridgehead atoms. The molecule has 3 aromatic rings. The molecule has 1 aromatic carbocycles. The van der Waals surface area contributed by atoms with E-state index < -0.39 is 22.0 Å². The maximum atomic E-state index is 12.3. The van der Waals surface area contributed by atoms with E-state index in [1.807, 2.05) is 0 Å². The number of sulfonamides is 1. The van der Waals surface area contributed by atoms with Gasteiger partial charge in [0.2, 0.25) is 15.7 Å². The number of aromatic nitrogens is 2. The second-order valence-corrected chi connectivity index (χ2v) is 9.00. The number of esters is 2. The number of fused-ring (bicyclic) bond motifs is 1. The van der Waals surface area contributed by atoms with Crippen LogP contribution in [0.1, 0.15) is 39.2 Å². The lowest BCUT2D eigenvalue weighted by molar-refractivity contribution is 0.0461. The van der Waals surface area contributed by atoms with Crippen LogP contribution in [0.25, 0.3) is 11.1 Å². The fourth-order valence-electron chi connectivity index (χ4n) is 2.88. The highest BCUT2D eigenvalue weighted by Gasteiger charge is 2.24. The lowest BCUT2D eigenvalue weighted by Gasteiger charge is -2.11. The lowest BCUT2D eigenvalue weighted by atomic mass is 10.2. The molecule has 0 fully saturated rings. The number of hydrogen-bond donors (Lipinski definition) is 1. The Labute approximate surface area is 184 Å². The summed E-state index contributed by atoms with van der Waals surface area (Å²) in [5, 5.41) is 0.230. The van der Waals surface area contributed by atoms with Crippen LogP contribution < -0.4 is 5.73 Å². The van der Waals surface area contributed by atoms with Crippen LogP contribution >= 0.6 is 0 Å². The average molecular weight is 462 g/mol. The van der Waals surface area contributed by atoms with Gasteiger partial charge in [-0.25, -0.2) is 27.3 Å². The monoisotopic (exact) mass is 462 g/mol. The van der Waals surface area contributed by atoms with Crippen LogP contribution in [0, 0.1) is 6.92 Å². The van der Waals surface area contributed by atoms with Gasteiger partial charge in [-0.3, -0.25) is 0 Å². The highest BCUT2D eigenvalue weighted by Crippen LogP contribution is 2.29. The molecule has 0 radical (unpaired) electrons. The molecule has 11 nitrogen and oxygen atoms in total. The summed E-state index contributed by atoms with van der Waals surface area (Å²) in [7, 11) is -0.782. The zero-order valence-electron chi connectivity index (χ0n) is 17.9. The number of rotatable bonds is 7. The SMILES string of the molecule is CCOC(=O)c1c(C)oc2nc(COC(=O)c3ccc(S(=O)(=O)N(C)C)cc3)nc(N)c12. The number of furan rings is 1. The smallest absolute Gasteiger partial charge is 0.342 e. The second-order valence-electron chi connectivity index (χ2n) is 6.85. The van der Waals surface area contributed by atoms with Crippen molar-refractivity contribution in [2.45, 2.75) is 25.3 Å². The van der Waals surface area contributed by atoms with Crippen LogP contribution in [0.3, 0.4) is 0 Å². The van der Waals surface area contributed by atoms with E-state index in [-0.39, 0.29) is 57.7 Å². The predicted molar refractivity (Wildman–Crippen MR) is 113 cm³/mol. The Bertz CT molecular complexity index is 1280. The van der Waals surface area contributed by atoms with Crippen molar-refractivity contribution in [1.29, 1.82) is 0 Å². The van der Waals surface area contributed by atoms with Gasteiger partial charge < -0.3 is 19.6 Å². The number of benzene rings is 1. The summed E-state index contributed by atoms with van der Waals surface area (Å²) >= 11 is 0. The van der Waals surface area contributed by atoms with Crippen molar-refractivity contribution < 1.29 is 31.9 Å². The minimum absolute atomic E-state index is 0.0146. The molecule has 2 aromatic heterocycles. The number of carbonyl (C=O) groups excluding carboxylic acids is 2. The van der Waals surface area contributed by atoms with Crippen LogP contribution in [-0.2, 0) is 26.1 Å². The number of anilines is 1. The van der Waals surface area contributed by atoms with Crippen molar-refractivity contribution in [2.75, 3.05) is 26.4 Å². The fourth-order valence-corrected chi connectivity index (χ4v) is 3.79. The first kappa shape index (κ1) is 23.2. The maximum absolute atomic E-state index is 12.3. The van der Waals surface area contributed by atoms with Gasteiger partial charge in [-0.15, -0.1) is 0 Å². The third kappa shape index (κ3) is 4.41. The third-order valence-electron chi connectivity index (χ3n) is 4.48. The number of ether oxygens (including phenoxy) is 2. The molecule has 2 heterocycles. The van der Waals surface area contributed by atoms with Crippen molar-refractivity contribution in [3.05, 3.63) is 47.0 Å². The van der Waals surface area contributed by atoms with Crippen molar-refractivity contribution in [3.8, 4) is 0 Å². The molecule has 0 aliphatic carbocycles. The fraction of sp³-hybridized carbons (Fsp3) is 0.300. The maximum Gasteiger partial charge on any atom is 0.342 e. The third-order valence-corrected chi connectivity index (χ3v) is 6.31. The molecule has 0 aliphatic rings. The molecule has 0 unspecified atom stereocenters. The number of nitrogens with two attached hydrogens (primary N) is 1. The largest absolute Gasteiger partial charge is 0.462 e. The van der Waals surface area contributed by atoms with Gasteiger partial charge in [0.05, 0.1) is 22.5 Å². The van der Waals surface area contributed by atoms with Crippen LogP contribution in [0.15, 0.2) is 33.6 Å². The van der Waals surface area contributed by atoms with Gasteiger partial charge in [0.15, 0.2) is 12.4 Å². The molecular weight excluding hydrogens is 440 g/mol. The first-order valence-electron chi connectivity index (χ1n) is 9.48. The molecule has 3 rings (SSSR count). The zero-order chi connectivity index (χ0) is 23.6. The second kappa shape index (κ2) is 8.93. The van der Waals surface area contributed by atoms with E-state index in [2.05, 4.69) is 9.97 Å². The van der Waals surface area contributed by atoms with Crippen LogP contribution in [-0.4, -0.2) is 55.3 Å². The molecule has 0 saturated carbocycles. The first-order valence-corrected chi connectivity index (χ1v) is 10.9. The molecule has 0 aliphatic heterocycles. The van der Waals surface area contributed by atoms with Gasteiger partial charge in [-0.1, -0.05) is 0 Å². The van der Waals surface area contributed by atoms with E-state index in [0.717, 1.165) is 4.31 Å². The van der Waals surface area contributed by atoms with Gasteiger partial charge in [0.1, 0.15) is 17.1 Å². The number of hydrogen-bond acceptors (Lipinski definition) is 10. The summed E-state index contributed by atoms with van der Waals surface area (Å²) < 4.78 is 41.0. The Kier molecular flexibility index (Phi) is 6.46. The standard InChI is InChI=1S/C20H22N4O7S/c1-5-29-20(26)15-11(2)31-18-16(15)17(21)22-14(23-18)10-30-19(25)12-6-8-13(9-7-12)32(27,28)24(3)4/h6-9H,5,10H2,1-4H3,(H2,21,22,23). The normalized spacial score (nSPS) is 11.7. The summed E-state index contributed by atoms with van der Waals surface area (Å²) in [5.74, 6) is -0.971. The Morgan fingerprint density at radius 1 is 1.09 bits per heavy atom. The van der Waals surface area contributed by atoms with Gasteiger partial charge >= 0.3 is 11.9 Å². The van der Waals surface area contributed by atoms with E-state index in [9.17, 15) is 18.0 Å². The summed E-state index contributed by atoms with van der Waals surface area (Å²) in [6.45, 7) is 3.12. The van der Waals surface area contributed by atoms with E-state index >= 15 is 0 Å². The summed E-state index contributed by atoms with van der Waals surface area (Å²) in [5.41, 5.74) is 6.35. The van der Waals surface area contributed by atoms with E-state index in [1.165, 1.54) is 38.4 Å². The molecule has 0 spiro atoms.